The highest BCUT2D eigenvalue weighted by molar-refractivity contribution is 6.16. The summed E-state index contributed by atoms with van der Waals surface area (Å²) in [5, 5.41) is 0. The molecule has 3 aromatic rings. The molecule has 0 unspecified atom stereocenters. The van der Waals surface area contributed by atoms with Crippen LogP contribution in [-0.4, -0.2) is 25.2 Å². The lowest BCUT2D eigenvalue weighted by atomic mass is 10.0. The fraction of sp³-hybridized carbons (Fsp3) is 0.217. The van der Waals surface area contributed by atoms with E-state index in [9.17, 15) is 4.79 Å². The van der Waals surface area contributed by atoms with Crippen LogP contribution in [0.25, 0.3) is 16.9 Å². The van der Waals surface area contributed by atoms with Gasteiger partial charge in [0.15, 0.2) is 12.2 Å². The molecule has 0 atom stereocenters. The van der Waals surface area contributed by atoms with Gasteiger partial charge in [-0.05, 0) is 48.2 Å². The minimum atomic E-state index is -0.470. The van der Waals surface area contributed by atoms with Gasteiger partial charge in [-0.1, -0.05) is 24.3 Å². The summed E-state index contributed by atoms with van der Waals surface area (Å²) in [6.45, 7) is 4.26. The maximum absolute atomic E-state index is 12.2. The average molecular weight is 393 g/mol. The highest BCUT2D eigenvalue weighted by Crippen LogP contribution is 2.31. The molecule has 0 bridgehead atoms. The Hall–Kier alpha value is -3.54. The Kier molecular flexibility index (Phi) is 6.34. The van der Waals surface area contributed by atoms with E-state index in [-0.39, 0.29) is 6.61 Å². The van der Waals surface area contributed by atoms with Crippen molar-refractivity contribution in [3.05, 3.63) is 77.5 Å². The molecule has 1 heterocycles. The molecule has 6 nitrogen and oxygen atoms in total. The number of carbonyl (C=O) groups is 1. The first-order chi connectivity index (χ1) is 14.0. The van der Waals surface area contributed by atoms with E-state index in [1.54, 1.807) is 6.20 Å². The van der Waals surface area contributed by atoms with Crippen LogP contribution in [0.15, 0.2) is 59.7 Å². The van der Waals surface area contributed by atoms with Crippen LogP contribution in [0.4, 0.5) is 0 Å². The summed E-state index contributed by atoms with van der Waals surface area (Å²) < 4.78 is 21.4. The van der Waals surface area contributed by atoms with Gasteiger partial charge < -0.3 is 18.6 Å². The quantitative estimate of drug-likeness (QED) is 0.329. The number of aromatic nitrogens is 1. The molecule has 150 valence electrons. The molecule has 0 aliphatic heterocycles. The predicted molar refractivity (Wildman–Crippen MR) is 109 cm³/mol. The molecule has 3 rings (SSSR count). The molecule has 1 aromatic heterocycles. The second-order valence-electron chi connectivity index (χ2n) is 6.50. The lowest BCUT2D eigenvalue weighted by Gasteiger charge is -2.15. The van der Waals surface area contributed by atoms with Gasteiger partial charge in [0.25, 0.3) is 0 Å². The van der Waals surface area contributed by atoms with E-state index >= 15 is 0 Å². The number of methoxy groups -OCH3 is 2. The fourth-order valence-electron chi connectivity index (χ4n) is 3.07. The van der Waals surface area contributed by atoms with Gasteiger partial charge >= 0.3 is 5.97 Å². The maximum Gasteiger partial charge on any atom is 0.341 e. The second kappa shape index (κ2) is 9.10. The summed E-state index contributed by atoms with van der Waals surface area (Å²) in [6.07, 6.45) is 4.49. The topological polar surface area (TPSA) is 70.8 Å². The first-order valence-electron chi connectivity index (χ1n) is 9.07. The van der Waals surface area contributed by atoms with Crippen molar-refractivity contribution >= 4 is 11.5 Å². The minimum absolute atomic E-state index is 0.288. The molecule has 2 aromatic carbocycles. The van der Waals surface area contributed by atoms with Crippen LogP contribution in [0.5, 0.6) is 5.75 Å². The number of aryl methyl sites for hydroxylation is 2. The van der Waals surface area contributed by atoms with Crippen LogP contribution in [0.2, 0.25) is 0 Å². The zero-order chi connectivity index (χ0) is 20.8. The summed E-state index contributed by atoms with van der Waals surface area (Å²) in [7, 11) is 2.83. The number of ether oxygens (including phenoxy) is 3. The van der Waals surface area contributed by atoms with Crippen LogP contribution in [0, 0.1) is 13.8 Å². The number of hydrogen-bond donors (Lipinski definition) is 0. The van der Waals surface area contributed by atoms with E-state index in [1.807, 2.05) is 50.2 Å². The molecule has 0 saturated carbocycles. The third kappa shape index (κ3) is 4.48. The van der Waals surface area contributed by atoms with E-state index in [0.717, 1.165) is 33.8 Å². The van der Waals surface area contributed by atoms with Gasteiger partial charge in [0.1, 0.15) is 17.9 Å². The Bertz CT molecular complexity index is 1020. The maximum atomic E-state index is 12.2. The molecule has 6 heteroatoms. The first-order valence-corrected chi connectivity index (χ1v) is 9.07. The summed E-state index contributed by atoms with van der Waals surface area (Å²) in [6, 6.07) is 11.5. The highest BCUT2D eigenvalue weighted by atomic mass is 16.5. The summed E-state index contributed by atoms with van der Waals surface area (Å²) in [4.78, 5) is 16.1. The van der Waals surface area contributed by atoms with E-state index in [2.05, 4.69) is 4.98 Å². The summed E-state index contributed by atoms with van der Waals surface area (Å²) in [5.74, 6) is 1.01. The molecule has 0 saturated heterocycles. The second-order valence-corrected chi connectivity index (χ2v) is 6.50. The molecular formula is C23H23NO5. The van der Waals surface area contributed by atoms with Crippen LogP contribution < -0.4 is 4.74 Å². The van der Waals surface area contributed by atoms with Gasteiger partial charge in [-0.15, -0.1) is 0 Å². The van der Waals surface area contributed by atoms with Crippen molar-refractivity contribution in [2.75, 3.05) is 14.2 Å². The highest BCUT2D eigenvalue weighted by Gasteiger charge is 2.17. The van der Waals surface area contributed by atoms with Crippen molar-refractivity contribution in [2.45, 2.75) is 20.5 Å². The minimum Gasteiger partial charge on any atom is -0.503 e. The zero-order valence-corrected chi connectivity index (χ0v) is 16.9. The third-order valence-electron chi connectivity index (χ3n) is 4.55. The fourth-order valence-corrected chi connectivity index (χ4v) is 3.07. The standard InChI is InChI=1S/C23H23NO5/c1-15-10-21(16(2)9-19(15)22-11-24-14-29-22)28-12-17-7-5-6-8-18(17)20(13-26-3)23(25)27-4/h5-11,13-14H,12H2,1-4H3. The number of hydrogen-bond acceptors (Lipinski definition) is 6. The van der Waals surface area contributed by atoms with Gasteiger partial charge in [0, 0.05) is 5.56 Å². The Balaban J connectivity index is 1.87. The molecule has 0 fully saturated rings. The number of rotatable bonds is 7. The number of esters is 1. The molecule has 0 aliphatic carbocycles. The van der Waals surface area contributed by atoms with Gasteiger partial charge in [0.05, 0.1) is 26.7 Å². The van der Waals surface area contributed by atoms with Crippen molar-refractivity contribution in [3.8, 4) is 17.1 Å². The van der Waals surface area contributed by atoms with Crippen molar-refractivity contribution in [2.24, 2.45) is 0 Å². The molecule has 0 N–H and O–H groups in total. The van der Waals surface area contributed by atoms with Crippen molar-refractivity contribution in [3.63, 3.8) is 0 Å². The van der Waals surface area contributed by atoms with E-state index in [0.29, 0.717) is 11.1 Å². The SMILES string of the molecule is COC=C(C(=O)OC)c1ccccc1COc1cc(C)c(-c2cnco2)cc1C. The Morgan fingerprint density at radius 2 is 1.93 bits per heavy atom. The largest absolute Gasteiger partial charge is 0.503 e. The Morgan fingerprint density at radius 1 is 1.14 bits per heavy atom. The zero-order valence-electron chi connectivity index (χ0n) is 16.9. The lowest BCUT2D eigenvalue weighted by Crippen LogP contribution is -2.08. The van der Waals surface area contributed by atoms with Crippen LogP contribution in [-0.2, 0) is 20.9 Å². The van der Waals surface area contributed by atoms with Crippen molar-refractivity contribution in [1.29, 1.82) is 0 Å². The Morgan fingerprint density at radius 3 is 2.62 bits per heavy atom. The number of carbonyl (C=O) groups excluding carboxylic acids is 1. The normalized spacial score (nSPS) is 11.2. The number of nitrogens with zero attached hydrogens (tertiary/aromatic N) is 1. The molecule has 29 heavy (non-hydrogen) atoms. The van der Waals surface area contributed by atoms with Crippen LogP contribution in [0.1, 0.15) is 22.3 Å². The van der Waals surface area contributed by atoms with Crippen LogP contribution in [0.3, 0.4) is 0 Å². The van der Waals surface area contributed by atoms with Gasteiger partial charge in [0.2, 0.25) is 0 Å². The smallest absolute Gasteiger partial charge is 0.341 e. The summed E-state index contributed by atoms with van der Waals surface area (Å²) >= 11 is 0. The molecule has 0 spiro atoms. The van der Waals surface area contributed by atoms with Crippen molar-refractivity contribution < 1.29 is 23.4 Å². The van der Waals surface area contributed by atoms with Gasteiger partial charge in [-0.2, -0.15) is 0 Å². The predicted octanol–water partition coefficient (Wildman–Crippen LogP) is 4.70. The van der Waals surface area contributed by atoms with Gasteiger partial charge in [-0.25, -0.2) is 9.78 Å². The van der Waals surface area contributed by atoms with Gasteiger partial charge in [-0.3, -0.25) is 0 Å². The molecule has 0 aliphatic rings. The summed E-state index contributed by atoms with van der Waals surface area (Å²) in [5.41, 5.74) is 4.85. The van der Waals surface area contributed by atoms with E-state index < -0.39 is 5.97 Å². The third-order valence-corrected chi connectivity index (χ3v) is 4.55. The van der Waals surface area contributed by atoms with E-state index in [1.165, 1.54) is 26.9 Å². The van der Waals surface area contributed by atoms with E-state index in [4.69, 9.17) is 18.6 Å². The molecular weight excluding hydrogens is 370 g/mol. The first kappa shape index (κ1) is 20.2. The average Bonchev–Trinajstić information content (AvgIpc) is 3.26. The monoisotopic (exact) mass is 393 g/mol. The number of oxazole rings is 1. The lowest BCUT2D eigenvalue weighted by molar-refractivity contribution is -0.133. The molecule has 0 amide bonds. The van der Waals surface area contributed by atoms with Crippen molar-refractivity contribution in [1.82, 2.24) is 4.98 Å². The van der Waals surface area contributed by atoms with Crippen LogP contribution >= 0.6 is 0 Å². The molecule has 0 radical (unpaired) electrons. The Labute approximate surface area is 169 Å². The number of benzene rings is 2.